The molecule has 0 aliphatic carbocycles. The van der Waals surface area contributed by atoms with E-state index < -0.39 is 0 Å². The summed E-state index contributed by atoms with van der Waals surface area (Å²) in [6.07, 6.45) is 19.3. The fraction of sp³-hybridized carbons (Fsp3) is 0.955. The summed E-state index contributed by atoms with van der Waals surface area (Å²) in [6.45, 7) is 6.08. The van der Waals surface area contributed by atoms with Gasteiger partial charge >= 0.3 is 0 Å². The molecule has 2 N–H and O–H groups in total. The van der Waals surface area contributed by atoms with Crippen LogP contribution in [-0.4, -0.2) is 23.2 Å². The first-order valence-corrected chi connectivity index (χ1v) is 11.0. The van der Waals surface area contributed by atoms with Gasteiger partial charge in [-0.3, -0.25) is 4.79 Å². The maximum atomic E-state index is 11.8. The second kappa shape index (κ2) is 18.2. The van der Waals surface area contributed by atoms with Crippen LogP contribution in [0, 0.1) is 0 Å². The van der Waals surface area contributed by atoms with Crippen molar-refractivity contribution in [1.29, 1.82) is 0 Å². The van der Waals surface area contributed by atoms with Gasteiger partial charge in [0.2, 0.25) is 5.91 Å². The van der Waals surface area contributed by atoms with Crippen molar-refractivity contribution in [1.82, 2.24) is 5.32 Å². The summed E-state index contributed by atoms with van der Waals surface area (Å²) in [4.78, 5) is 11.8. The molecule has 0 aromatic heterocycles. The molecule has 0 saturated heterocycles. The van der Waals surface area contributed by atoms with Crippen LogP contribution >= 0.6 is 0 Å². The zero-order chi connectivity index (χ0) is 18.8. The van der Waals surface area contributed by atoms with Gasteiger partial charge in [0.05, 0.1) is 6.10 Å². The van der Waals surface area contributed by atoms with Crippen molar-refractivity contribution in [3.05, 3.63) is 0 Å². The minimum Gasteiger partial charge on any atom is -0.393 e. The zero-order valence-electron chi connectivity index (χ0n) is 17.3. The highest BCUT2D eigenvalue weighted by Gasteiger charge is 2.08. The molecule has 3 nitrogen and oxygen atoms in total. The van der Waals surface area contributed by atoms with Crippen molar-refractivity contribution < 1.29 is 9.90 Å². The molecule has 0 bridgehead atoms. The van der Waals surface area contributed by atoms with Crippen molar-refractivity contribution in [2.45, 2.75) is 136 Å². The monoisotopic (exact) mass is 355 g/mol. The first-order chi connectivity index (χ1) is 12.1. The minimum absolute atomic E-state index is 0.168. The van der Waals surface area contributed by atoms with E-state index in [1.807, 2.05) is 6.92 Å². The van der Waals surface area contributed by atoms with Gasteiger partial charge in [0.15, 0.2) is 0 Å². The lowest BCUT2D eigenvalue weighted by atomic mass is 10.0. The lowest BCUT2D eigenvalue weighted by molar-refractivity contribution is -0.121. The van der Waals surface area contributed by atoms with Crippen molar-refractivity contribution in [3.8, 4) is 0 Å². The molecule has 3 heteroatoms. The third-order valence-electron chi connectivity index (χ3n) is 4.93. The Morgan fingerprint density at radius 2 is 1.20 bits per heavy atom. The first kappa shape index (κ1) is 24.4. The Kier molecular flexibility index (Phi) is 17.8. The van der Waals surface area contributed by atoms with E-state index in [4.69, 9.17) is 0 Å². The number of amides is 1. The highest BCUT2D eigenvalue weighted by atomic mass is 16.3. The van der Waals surface area contributed by atoms with Gasteiger partial charge in [-0.15, -0.1) is 0 Å². The SMILES string of the molecule is CCCCCCCCCCCCCCCC(=O)N[C@H](C)CC[C@H](C)O. The number of hydrogen-bond donors (Lipinski definition) is 2. The average molecular weight is 356 g/mol. The topological polar surface area (TPSA) is 49.3 Å². The van der Waals surface area contributed by atoms with Gasteiger partial charge in [-0.05, 0) is 33.1 Å². The number of nitrogens with one attached hydrogen (secondary N) is 1. The number of aliphatic hydroxyl groups is 1. The standard InChI is InChI=1S/C22H45NO2/c1-4-5-6-7-8-9-10-11-12-13-14-15-16-17-22(25)23-20(2)18-19-21(3)24/h20-21,24H,4-19H2,1-3H3,(H,23,25)/t20-,21+/m1/s1. The fourth-order valence-corrected chi connectivity index (χ4v) is 3.21. The van der Waals surface area contributed by atoms with E-state index >= 15 is 0 Å². The van der Waals surface area contributed by atoms with Crippen LogP contribution in [0.15, 0.2) is 0 Å². The molecule has 0 aliphatic heterocycles. The molecule has 0 aromatic carbocycles. The predicted molar refractivity (Wildman–Crippen MR) is 109 cm³/mol. The molecule has 1 amide bonds. The molecule has 0 heterocycles. The van der Waals surface area contributed by atoms with E-state index in [1.54, 1.807) is 6.92 Å². The van der Waals surface area contributed by atoms with Gasteiger partial charge in [-0.1, -0.05) is 84.0 Å². The fourth-order valence-electron chi connectivity index (χ4n) is 3.21. The van der Waals surface area contributed by atoms with Gasteiger partial charge in [0.1, 0.15) is 0 Å². The predicted octanol–water partition coefficient (Wildman–Crippen LogP) is 6.13. The Balaban J connectivity index is 3.25. The second-order valence-electron chi connectivity index (χ2n) is 7.89. The van der Waals surface area contributed by atoms with E-state index in [2.05, 4.69) is 12.2 Å². The smallest absolute Gasteiger partial charge is 0.220 e. The van der Waals surface area contributed by atoms with Gasteiger partial charge in [-0.2, -0.15) is 0 Å². The summed E-state index contributed by atoms with van der Waals surface area (Å²) in [5.74, 6) is 0.168. The summed E-state index contributed by atoms with van der Waals surface area (Å²) in [6, 6.07) is 0.170. The average Bonchev–Trinajstić information content (AvgIpc) is 2.57. The first-order valence-electron chi connectivity index (χ1n) is 11.0. The van der Waals surface area contributed by atoms with Crippen LogP contribution in [0.4, 0.5) is 0 Å². The van der Waals surface area contributed by atoms with Gasteiger partial charge in [-0.25, -0.2) is 0 Å². The molecule has 0 rings (SSSR count). The molecule has 0 unspecified atom stereocenters. The molecular formula is C22H45NO2. The molecule has 2 atom stereocenters. The maximum absolute atomic E-state index is 11.8. The lowest BCUT2D eigenvalue weighted by Crippen LogP contribution is -2.32. The summed E-state index contributed by atoms with van der Waals surface area (Å²) >= 11 is 0. The molecular weight excluding hydrogens is 310 g/mol. The summed E-state index contributed by atoms with van der Waals surface area (Å²) in [5.41, 5.74) is 0. The maximum Gasteiger partial charge on any atom is 0.220 e. The normalized spacial score (nSPS) is 13.6. The van der Waals surface area contributed by atoms with Crippen LogP contribution in [0.2, 0.25) is 0 Å². The largest absolute Gasteiger partial charge is 0.393 e. The molecule has 150 valence electrons. The minimum atomic E-state index is -0.277. The number of unbranched alkanes of at least 4 members (excludes halogenated alkanes) is 12. The Bertz CT molecular complexity index is 292. The molecule has 0 aliphatic rings. The highest BCUT2D eigenvalue weighted by Crippen LogP contribution is 2.13. The Hall–Kier alpha value is -0.570. The van der Waals surface area contributed by atoms with Gasteiger partial charge in [0, 0.05) is 12.5 Å². The molecule has 0 fully saturated rings. The van der Waals surface area contributed by atoms with E-state index in [0.29, 0.717) is 6.42 Å². The molecule has 0 spiro atoms. The second-order valence-corrected chi connectivity index (χ2v) is 7.89. The number of hydrogen-bond acceptors (Lipinski definition) is 2. The quantitative estimate of drug-likeness (QED) is 0.290. The van der Waals surface area contributed by atoms with Crippen LogP contribution in [0.5, 0.6) is 0 Å². The third-order valence-corrected chi connectivity index (χ3v) is 4.93. The van der Waals surface area contributed by atoms with Crippen LogP contribution in [0.1, 0.15) is 124 Å². The summed E-state index contributed by atoms with van der Waals surface area (Å²) in [5, 5.41) is 12.3. The Morgan fingerprint density at radius 3 is 1.64 bits per heavy atom. The van der Waals surface area contributed by atoms with Crippen molar-refractivity contribution in [3.63, 3.8) is 0 Å². The summed E-state index contributed by atoms with van der Waals surface area (Å²) in [7, 11) is 0. The lowest BCUT2D eigenvalue weighted by Gasteiger charge is -2.14. The van der Waals surface area contributed by atoms with Gasteiger partial charge < -0.3 is 10.4 Å². The number of aliphatic hydroxyl groups excluding tert-OH is 1. The number of carbonyl (C=O) groups is 1. The van der Waals surface area contributed by atoms with Crippen molar-refractivity contribution >= 4 is 5.91 Å². The molecule has 0 radical (unpaired) electrons. The van der Waals surface area contributed by atoms with Crippen LogP contribution in [0.3, 0.4) is 0 Å². The van der Waals surface area contributed by atoms with Crippen LogP contribution in [0.25, 0.3) is 0 Å². The zero-order valence-corrected chi connectivity index (χ0v) is 17.3. The van der Waals surface area contributed by atoms with E-state index in [-0.39, 0.29) is 18.1 Å². The van der Waals surface area contributed by atoms with Crippen molar-refractivity contribution in [2.75, 3.05) is 0 Å². The molecule has 25 heavy (non-hydrogen) atoms. The van der Waals surface area contributed by atoms with E-state index in [0.717, 1.165) is 19.3 Å². The summed E-state index contributed by atoms with van der Waals surface area (Å²) < 4.78 is 0. The van der Waals surface area contributed by atoms with Crippen LogP contribution in [-0.2, 0) is 4.79 Å². The molecule has 0 aromatic rings. The Morgan fingerprint density at radius 1 is 0.760 bits per heavy atom. The number of carbonyl (C=O) groups excluding carboxylic acids is 1. The highest BCUT2D eigenvalue weighted by molar-refractivity contribution is 5.76. The van der Waals surface area contributed by atoms with Crippen LogP contribution < -0.4 is 5.32 Å². The van der Waals surface area contributed by atoms with E-state index in [1.165, 1.54) is 77.0 Å². The van der Waals surface area contributed by atoms with Crippen molar-refractivity contribution in [2.24, 2.45) is 0 Å². The number of rotatable bonds is 18. The molecule has 0 saturated carbocycles. The van der Waals surface area contributed by atoms with Gasteiger partial charge in [0.25, 0.3) is 0 Å². The van der Waals surface area contributed by atoms with E-state index in [9.17, 15) is 9.90 Å². The third kappa shape index (κ3) is 19.6. The Labute approximate surface area is 157 Å².